The first kappa shape index (κ1) is 22.5. The molecule has 7 heteroatoms. The molecule has 1 N–H and O–H groups in total. The van der Waals surface area contributed by atoms with E-state index < -0.39 is 0 Å². The first-order valence-corrected chi connectivity index (χ1v) is 11.6. The highest BCUT2D eigenvalue weighted by molar-refractivity contribution is 8.18. The second kappa shape index (κ2) is 10.3. The number of aryl methyl sites for hydroxylation is 1. The zero-order valence-electron chi connectivity index (χ0n) is 17.3. The largest absolute Gasteiger partial charge is 0.489 e. The summed E-state index contributed by atoms with van der Waals surface area (Å²) in [4.78, 5) is 17.5. The fourth-order valence-corrected chi connectivity index (χ4v) is 4.32. The molecule has 4 rings (SSSR count). The second-order valence-corrected chi connectivity index (χ2v) is 8.97. The highest BCUT2D eigenvalue weighted by Gasteiger charge is 2.23. The maximum absolute atomic E-state index is 12.3. The molecule has 0 spiro atoms. The highest BCUT2D eigenvalue weighted by Crippen LogP contribution is 2.29. The number of amides is 1. The van der Waals surface area contributed by atoms with Crippen LogP contribution in [0.2, 0.25) is 10.0 Å². The fraction of sp³-hybridized carbons (Fsp3) is 0.120. The molecule has 3 aromatic carbocycles. The van der Waals surface area contributed by atoms with E-state index in [1.807, 2.05) is 60.7 Å². The molecule has 0 saturated carbocycles. The van der Waals surface area contributed by atoms with Crippen LogP contribution in [0.25, 0.3) is 6.08 Å². The topological polar surface area (TPSA) is 50.7 Å². The smallest absolute Gasteiger partial charge is 0.264 e. The number of carbonyl (C=O) groups excluding carboxylic acids is 1. The number of aliphatic imine (C=N–C) groups is 1. The zero-order chi connectivity index (χ0) is 22.5. The van der Waals surface area contributed by atoms with Crippen molar-refractivity contribution in [2.24, 2.45) is 4.99 Å². The van der Waals surface area contributed by atoms with E-state index in [-0.39, 0.29) is 5.91 Å². The van der Waals surface area contributed by atoms with E-state index >= 15 is 0 Å². The number of benzene rings is 3. The summed E-state index contributed by atoms with van der Waals surface area (Å²) in [6.45, 7) is 2.45. The number of carbonyl (C=O) groups is 1. The molecule has 1 amide bonds. The van der Waals surface area contributed by atoms with E-state index in [4.69, 9.17) is 27.9 Å². The highest BCUT2D eigenvalue weighted by atomic mass is 35.5. The number of hydrogen-bond donors (Lipinski definition) is 1. The van der Waals surface area contributed by atoms with E-state index in [1.165, 1.54) is 17.3 Å². The third kappa shape index (κ3) is 5.74. The lowest BCUT2D eigenvalue weighted by Gasteiger charge is -2.08. The summed E-state index contributed by atoms with van der Waals surface area (Å²) in [5.74, 6) is 0.552. The van der Waals surface area contributed by atoms with Crippen molar-refractivity contribution in [3.8, 4) is 5.75 Å². The summed E-state index contributed by atoms with van der Waals surface area (Å²) in [6.07, 6.45) is 2.82. The second-order valence-electron chi connectivity index (χ2n) is 7.10. The van der Waals surface area contributed by atoms with Gasteiger partial charge in [-0.25, -0.2) is 4.99 Å². The SMILES string of the molecule is CCc1ccc(N=C2NC(=O)C(=Cc3ccc(OCc4ccc(Cl)cc4Cl)cc3)S2)cc1. The van der Waals surface area contributed by atoms with Crippen LogP contribution >= 0.6 is 35.0 Å². The maximum Gasteiger partial charge on any atom is 0.264 e. The fourth-order valence-electron chi connectivity index (χ4n) is 3.02. The first-order valence-electron chi connectivity index (χ1n) is 10.1. The number of nitrogens with one attached hydrogen (secondary N) is 1. The van der Waals surface area contributed by atoms with Gasteiger partial charge < -0.3 is 10.1 Å². The molecule has 0 unspecified atom stereocenters. The molecule has 4 nitrogen and oxygen atoms in total. The zero-order valence-corrected chi connectivity index (χ0v) is 19.6. The molecule has 1 aliphatic rings. The number of amidine groups is 1. The van der Waals surface area contributed by atoms with Crippen molar-refractivity contribution in [1.29, 1.82) is 0 Å². The van der Waals surface area contributed by atoms with E-state index in [2.05, 4.69) is 17.2 Å². The Labute approximate surface area is 201 Å². The van der Waals surface area contributed by atoms with Crippen molar-refractivity contribution < 1.29 is 9.53 Å². The van der Waals surface area contributed by atoms with Gasteiger partial charge in [-0.05, 0) is 71.8 Å². The molecular weight excluding hydrogens is 463 g/mol. The van der Waals surface area contributed by atoms with Gasteiger partial charge in [0.15, 0.2) is 5.17 Å². The van der Waals surface area contributed by atoms with Crippen LogP contribution in [0.1, 0.15) is 23.6 Å². The summed E-state index contributed by atoms with van der Waals surface area (Å²) >= 11 is 13.4. The Kier molecular flexibility index (Phi) is 7.20. The molecule has 0 aromatic heterocycles. The Morgan fingerprint density at radius 1 is 1.03 bits per heavy atom. The van der Waals surface area contributed by atoms with Crippen LogP contribution in [0, 0.1) is 0 Å². The molecule has 32 heavy (non-hydrogen) atoms. The number of ether oxygens (including phenoxy) is 1. The predicted molar refractivity (Wildman–Crippen MR) is 134 cm³/mol. The normalized spacial score (nSPS) is 15.9. The summed E-state index contributed by atoms with van der Waals surface area (Å²) < 4.78 is 5.81. The summed E-state index contributed by atoms with van der Waals surface area (Å²) in [5, 5.41) is 4.56. The van der Waals surface area contributed by atoms with Crippen molar-refractivity contribution in [2.75, 3.05) is 0 Å². The van der Waals surface area contributed by atoms with Gasteiger partial charge in [0.25, 0.3) is 5.91 Å². The molecule has 1 heterocycles. The third-order valence-electron chi connectivity index (χ3n) is 4.81. The predicted octanol–water partition coefficient (Wildman–Crippen LogP) is 7.03. The molecule has 162 valence electrons. The van der Waals surface area contributed by atoms with Crippen LogP contribution in [-0.4, -0.2) is 11.1 Å². The minimum Gasteiger partial charge on any atom is -0.489 e. The van der Waals surface area contributed by atoms with Crippen LogP contribution in [0.5, 0.6) is 5.75 Å². The lowest BCUT2D eigenvalue weighted by atomic mass is 10.2. The van der Waals surface area contributed by atoms with Gasteiger partial charge in [-0.2, -0.15) is 0 Å². The molecule has 3 aromatic rings. The monoisotopic (exact) mass is 482 g/mol. The Morgan fingerprint density at radius 3 is 2.47 bits per heavy atom. The molecule has 0 atom stereocenters. The summed E-state index contributed by atoms with van der Waals surface area (Å²) in [7, 11) is 0. The van der Waals surface area contributed by atoms with Crippen LogP contribution in [0.3, 0.4) is 0 Å². The van der Waals surface area contributed by atoms with Crippen LogP contribution in [-0.2, 0) is 17.8 Å². The lowest BCUT2D eigenvalue weighted by Crippen LogP contribution is -2.19. The van der Waals surface area contributed by atoms with E-state index in [0.29, 0.717) is 32.5 Å². The number of halogens is 2. The Balaban J connectivity index is 1.40. The quantitative estimate of drug-likeness (QED) is 0.383. The van der Waals surface area contributed by atoms with Gasteiger partial charge in [0, 0.05) is 15.6 Å². The average molecular weight is 483 g/mol. The van der Waals surface area contributed by atoms with Gasteiger partial charge in [0.1, 0.15) is 12.4 Å². The maximum atomic E-state index is 12.3. The Hall–Kier alpha value is -2.73. The third-order valence-corrected chi connectivity index (χ3v) is 6.31. The molecule has 0 aliphatic carbocycles. The van der Waals surface area contributed by atoms with Gasteiger partial charge in [-0.1, -0.05) is 60.5 Å². The first-order chi connectivity index (χ1) is 15.5. The van der Waals surface area contributed by atoms with E-state index in [0.717, 1.165) is 23.2 Å². The summed E-state index contributed by atoms with van der Waals surface area (Å²) in [6, 6.07) is 20.8. The number of hydrogen-bond acceptors (Lipinski definition) is 4. The molecule has 0 radical (unpaired) electrons. The van der Waals surface area contributed by atoms with Gasteiger partial charge in [0.05, 0.1) is 10.6 Å². The van der Waals surface area contributed by atoms with Crippen molar-refractivity contribution in [1.82, 2.24) is 5.32 Å². The molecule has 1 saturated heterocycles. The van der Waals surface area contributed by atoms with Gasteiger partial charge >= 0.3 is 0 Å². The van der Waals surface area contributed by atoms with Gasteiger partial charge in [-0.15, -0.1) is 0 Å². The average Bonchev–Trinajstić information content (AvgIpc) is 3.13. The summed E-state index contributed by atoms with van der Waals surface area (Å²) in [5.41, 5.74) is 3.82. The Morgan fingerprint density at radius 2 is 1.78 bits per heavy atom. The number of rotatable bonds is 6. The number of thioether (sulfide) groups is 1. The Bertz CT molecular complexity index is 1190. The van der Waals surface area contributed by atoms with Crippen LogP contribution in [0.4, 0.5) is 5.69 Å². The van der Waals surface area contributed by atoms with E-state index in [1.54, 1.807) is 12.1 Å². The van der Waals surface area contributed by atoms with Crippen LogP contribution < -0.4 is 10.1 Å². The van der Waals surface area contributed by atoms with Crippen molar-refractivity contribution in [3.63, 3.8) is 0 Å². The lowest BCUT2D eigenvalue weighted by molar-refractivity contribution is -0.115. The van der Waals surface area contributed by atoms with E-state index in [9.17, 15) is 4.79 Å². The minimum absolute atomic E-state index is 0.156. The van der Waals surface area contributed by atoms with Crippen molar-refractivity contribution in [3.05, 3.63) is 98.4 Å². The van der Waals surface area contributed by atoms with Crippen molar-refractivity contribution >= 4 is 57.8 Å². The van der Waals surface area contributed by atoms with Gasteiger partial charge in [-0.3, -0.25) is 4.79 Å². The van der Waals surface area contributed by atoms with Crippen LogP contribution in [0.15, 0.2) is 76.6 Å². The molecule has 1 aliphatic heterocycles. The molecule has 0 bridgehead atoms. The van der Waals surface area contributed by atoms with Crippen molar-refractivity contribution in [2.45, 2.75) is 20.0 Å². The molecular formula is C25H20Cl2N2O2S. The standard InChI is InChI=1S/C25H20Cl2N2O2S/c1-2-16-3-9-20(10-4-16)28-25-29-24(30)23(32-25)13-17-5-11-21(12-6-17)31-15-18-7-8-19(26)14-22(18)27/h3-14H,2,15H2,1H3,(H,28,29,30). The molecule has 1 fully saturated rings. The minimum atomic E-state index is -0.156. The number of nitrogens with zero attached hydrogens (tertiary/aromatic N) is 1. The van der Waals surface area contributed by atoms with Gasteiger partial charge in [0.2, 0.25) is 0 Å².